The number of aromatic nitrogens is 4. The number of fused-ring (bicyclic) bond motifs is 12. The maximum absolute atomic E-state index is 7.02. The highest BCUT2D eigenvalue weighted by atomic mass is 32.1. The van der Waals surface area contributed by atoms with Gasteiger partial charge in [-0.25, -0.2) is 15.0 Å². The summed E-state index contributed by atoms with van der Waals surface area (Å²) in [6.45, 7) is 0. The molecule has 70 heavy (non-hydrogen) atoms. The average Bonchev–Trinajstić information content (AvgIpc) is 4.19. The summed E-state index contributed by atoms with van der Waals surface area (Å²) >= 11 is 1.81. The molecule has 0 spiro atoms. The van der Waals surface area contributed by atoms with E-state index in [0.29, 0.717) is 17.5 Å². The van der Waals surface area contributed by atoms with Crippen LogP contribution in [0.25, 0.3) is 148 Å². The normalized spacial score (nSPS) is 12.0. The lowest BCUT2D eigenvalue weighted by Crippen LogP contribution is -2.00. The van der Waals surface area contributed by atoms with E-state index in [9.17, 15) is 0 Å². The molecule has 0 fully saturated rings. The lowest BCUT2D eigenvalue weighted by atomic mass is 9.97. The smallest absolute Gasteiger partial charge is 0.164 e. The van der Waals surface area contributed by atoms with Crippen molar-refractivity contribution in [2.75, 3.05) is 0 Å². The molecule has 0 amide bonds. The fourth-order valence-electron chi connectivity index (χ4n) is 10.6. The topological polar surface area (TPSA) is 69.9 Å². The van der Waals surface area contributed by atoms with Gasteiger partial charge in [0, 0.05) is 86.5 Å². The Hall–Kier alpha value is -9.17. The molecule has 15 rings (SSSR count). The van der Waals surface area contributed by atoms with Crippen molar-refractivity contribution in [3.05, 3.63) is 218 Å². The van der Waals surface area contributed by atoms with E-state index in [-0.39, 0.29) is 0 Å². The van der Waals surface area contributed by atoms with E-state index in [2.05, 4.69) is 150 Å². The Balaban J connectivity index is 0.928. The second kappa shape index (κ2) is 15.2. The molecular formula is C63H36N4O2S. The van der Waals surface area contributed by atoms with E-state index in [1.807, 2.05) is 84.1 Å². The number of rotatable bonds is 6. The highest BCUT2D eigenvalue weighted by Crippen LogP contribution is 2.45. The third-order valence-electron chi connectivity index (χ3n) is 13.9. The molecule has 0 unspecified atom stereocenters. The second-order valence-electron chi connectivity index (χ2n) is 17.9. The molecule has 5 heterocycles. The summed E-state index contributed by atoms with van der Waals surface area (Å²) in [5.41, 5.74) is 13.7. The minimum Gasteiger partial charge on any atom is -0.456 e. The Morgan fingerprint density at radius 2 is 0.914 bits per heavy atom. The van der Waals surface area contributed by atoms with Gasteiger partial charge in [0.15, 0.2) is 17.5 Å². The molecule has 0 atom stereocenters. The van der Waals surface area contributed by atoms with Gasteiger partial charge in [0.1, 0.15) is 22.3 Å². The minimum atomic E-state index is 0.573. The van der Waals surface area contributed by atoms with Crippen LogP contribution in [0.4, 0.5) is 0 Å². The zero-order valence-electron chi connectivity index (χ0n) is 37.3. The molecule has 0 saturated carbocycles. The standard InChI is InChI=1S/C63H36N4O2S/c1-3-14-37(15-4-1)61-64-62(38-16-5-2-6-17-38)66-63(65-61)51-32-41(33-56-59(51)50-31-28-42(36-55(50)68-56)67-52-23-10-7-18-44(52)45-19-8-11-24-53(45)67)39-26-29-47-48-30-27-40(35-58(48)70-57(47)34-39)43-21-13-22-49-46-20-9-12-25-54(46)69-60(43)49/h1-36H. The van der Waals surface area contributed by atoms with Gasteiger partial charge in [-0.05, 0) is 71.3 Å². The molecule has 326 valence electrons. The molecule has 0 radical (unpaired) electrons. The number of furan rings is 2. The van der Waals surface area contributed by atoms with E-state index in [4.69, 9.17) is 23.8 Å². The van der Waals surface area contributed by atoms with Gasteiger partial charge in [0.05, 0.1) is 11.0 Å². The average molecular weight is 913 g/mol. The number of thiophene rings is 1. The first kappa shape index (κ1) is 38.9. The molecule has 6 nitrogen and oxygen atoms in total. The molecular weight excluding hydrogens is 877 g/mol. The molecule has 15 aromatic rings. The van der Waals surface area contributed by atoms with Gasteiger partial charge in [-0.2, -0.15) is 0 Å². The van der Waals surface area contributed by atoms with E-state index in [0.717, 1.165) is 99.5 Å². The van der Waals surface area contributed by atoms with Crippen LogP contribution in [0.2, 0.25) is 0 Å². The summed E-state index contributed by atoms with van der Waals surface area (Å²) in [6, 6.07) is 76.7. The predicted octanol–water partition coefficient (Wildman–Crippen LogP) is 17.5. The van der Waals surface area contributed by atoms with Gasteiger partial charge in [-0.1, -0.05) is 158 Å². The lowest BCUT2D eigenvalue weighted by molar-refractivity contribution is 0.668. The van der Waals surface area contributed by atoms with Gasteiger partial charge in [-0.15, -0.1) is 11.3 Å². The van der Waals surface area contributed by atoms with Crippen molar-refractivity contribution in [2.45, 2.75) is 0 Å². The third-order valence-corrected chi connectivity index (χ3v) is 15.0. The van der Waals surface area contributed by atoms with Crippen LogP contribution in [0.5, 0.6) is 0 Å². The van der Waals surface area contributed by atoms with Crippen molar-refractivity contribution in [2.24, 2.45) is 0 Å². The van der Waals surface area contributed by atoms with Crippen LogP contribution in [0, 0.1) is 0 Å². The van der Waals surface area contributed by atoms with Gasteiger partial charge in [-0.3, -0.25) is 0 Å². The summed E-state index contributed by atoms with van der Waals surface area (Å²) in [4.78, 5) is 15.6. The number of nitrogens with zero attached hydrogens (tertiary/aromatic N) is 4. The number of hydrogen-bond acceptors (Lipinski definition) is 6. The first-order valence-electron chi connectivity index (χ1n) is 23.4. The van der Waals surface area contributed by atoms with Gasteiger partial charge in [0.2, 0.25) is 0 Å². The number of hydrogen-bond donors (Lipinski definition) is 0. The number of para-hydroxylation sites is 4. The quantitative estimate of drug-likeness (QED) is 0.166. The first-order valence-corrected chi connectivity index (χ1v) is 24.2. The van der Waals surface area contributed by atoms with Gasteiger partial charge < -0.3 is 13.4 Å². The van der Waals surface area contributed by atoms with Gasteiger partial charge >= 0.3 is 0 Å². The van der Waals surface area contributed by atoms with Crippen LogP contribution in [-0.2, 0) is 0 Å². The number of benzene rings is 10. The molecule has 0 aliphatic heterocycles. The summed E-state index contributed by atoms with van der Waals surface area (Å²) < 4.78 is 18.2. The van der Waals surface area contributed by atoms with E-state index in [1.54, 1.807) is 0 Å². The van der Waals surface area contributed by atoms with Crippen LogP contribution >= 0.6 is 11.3 Å². The Kier molecular flexibility index (Phi) is 8.43. The molecule has 10 aromatic carbocycles. The molecule has 0 aliphatic rings. The van der Waals surface area contributed by atoms with Crippen molar-refractivity contribution in [3.63, 3.8) is 0 Å². The fourth-order valence-corrected chi connectivity index (χ4v) is 11.8. The molecule has 7 heteroatoms. The molecule has 5 aromatic heterocycles. The molecule has 0 saturated heterocycles. The van der Waals surface area contributed by atoms with Crippen molar-refractivity contribution in [3.8, 4) is 62.1 Å². The fraction of sp³-hybridized carbons (Fsp3) is 0. The third kappa shape index (κ3) is 6.02. The largest absolute Gasteiger partial charge is 0.456 e. The summed E-state index contributed by atoms with van der Waals surface area (Å²) in [5, 5.41) is 9.07. The second-order valence-corrected chi connectivity index (χ2v) is 19.0. The summed E-state index contributed by atoms with van der Waals surface area (Å²) in [6.07, 6.45) is 0. The van der Waals surface area contributed by atoms with Crippen LogP contribution in [0.15, 0.2) is 227 Å². The first-order chi connectivity index (χ1) is 34.7. The van der Waals surface area contributed by atoms with E-state index < -0.39 is 0 Å². The van der Waals surface area contributed by atoms with E-state index >= 15 is 0 Å². The zero-order chi connectivity index (χ0) is 45.9. The lowest BCUT2D eigenvalue weighted by Gasteiger charge is -2.11. The van der Waals surface area contributed by atoms with Crippen molar-refractivity contribution in [1.29, 1.82) is 0 Å². The van der Waals surface area contributed by atoms with E-state index in [1.165, 1.54) is 30.9 Å². The highest BCUT2D eigenvalue weighted by molar-refractivity contribution is 7.25. The predicted molar refractivity (Wildman–Crippen MR) is 289 cm³/mol. The van der Waals surface area contributed by atoms with Crippen LogP contribution in [0.3, 0.4) is 0 Å². The Bertz CT molecular complexity index is 4490. The minimum absolute atomic E-state index is 0.573. The maximum atomic E-state index is 7.02. The summed E-state index contributed by atoms with van der Waals surface area (Å²) in [5.74, 6) is 1.78. The highest BCUT2D eigenvalue weighted by Gasteiger charge is 2.22. The molecule has 0 bridgehead atoms. The summed E-state index contributed by atoms with van der Waals surface area (Å²) in [7, 11) is 0. The van der Waals surface area contributed by atoms with Crippen LogP contribution in [-0.4, -0.2) is 19.5 Å². The zero-order valence-corrected chi connectivity index (χ0v) is 38.1. The van der Waals surface area contributed by atoms with Crippen molar-refractivity contribution >= 4 is 97.2 Å². The van der Waals surface area contributed by atoms with Gasteiger partial charge in [0.25, 0.3) is 0 Å². The monoisotopic (exact) mass is 912 g/mol. The SMILES string of the molecule is c1ccc(-c2nc(-c3ccccc3)nc(-c3cc(-c4ccc5c(c4)sc4cc(-c6cccc7c6oc6ccccc67)ccc45)cc4oc5cc(-n6c7ccccc7c7ccccc76)ccc5c34)n2)cc1. The Morgan fingerprint density at radius 3 is 1.63 bits per heavy atom. The molecule has 0 N–H and O–H groups in total. The van der Waals surface area contributed by atoms with Crippen LogP contribution in [0.1, 0.15) is 0 Å². The maximum Gasteiger partial charge on any atom is 0.164 e. The Morgan fingerprint density at radius 1 is 0.329 bits per heavy atom. The molecule has 0 aliphatic carbocycles. The van der Waals surface area contributed by atoms with Crippen molar-refractivity contribution < 1.29 is 8.83 Å². The van der Waals surface area contributed by atoms with Crippen molar-refractivity contribution in [1.82, 2.24) is 19.5 Å². The Labute approximate surface area is 404 Å². The van der Waals surface area contributed by atoms with Crippen LogP contribution < -0.4 is 0 Å².